The standard InChI is InChI=1S/C13H17BrN2S2/c1-18-11-7-3-5-9(11)16-10-6-2-4-8(14)12(10)13(15)17/h2,4,6,9,11,16H,3,5,7H2,1H3,(H2,15,17). The largest absolute Gasteiger partial charge is 0.389 e. The van der Waals surface area contributed by atoms with Crippen LogP contribution in [0.5, 0.6) is 0 Å². The molecule has 0 spiro atoms. The van der Waals surface area contributed by atoms with Crippen molar-refractivity contribution in [3.8, 4) is 0 Å². The molecule has 0 saturated heterocycles. The molecule has 2 atom stereocenters. The van der Waals surface area contributed by atoms with Crippen molar-refractivity contribution in [2.45, 2.75) is 30.6 Å². The van der Waals surface area contributed by atoms with Gasteiger partial charge < -0.3 is 11.1 Å². The Labute approximate surface area is 126 Å². The van der Waals surface area contributed by atoms with E-state index < -0.39 is 0 Å². The fraction of sp³-hybridized carbons (Fsp3) is 0.462. The molecule has 0 amide bonds. The fourth-order valence-corrected chi connectivity index (χ4v) is 4.33. The summed E-state index contributed by atoms with van der Waals surface area (Å²) in [7, 11) is 0. The highest BCUT2D eigenvalue weighted by molar-refractivity contribution is 9.10. The first-order chi connectivity index (χ1) is 8.63. The number of nitrogens with two attached hydrogens (primary N) is 1. The minimum atomic E-state index is 0.434. The lowest BCUT2D eigenvalue weighted by Gasteiger charge is -2.22. The summed E-state index contributed by atoms with van der Waals surface area (Å²) in [5, 5.41) is 4.30. The molecular weight excluding hydrogens is 328 g/mol. The highest BCUT2D eigenvalue weighted by Gasteiger charge is 2.27. The van der Waals surface area contributed by atoms with Gasteiger partial charge in [-0.1, -0.05) is 24.7 Å². The lowest BCUT2D eigenvalue weighted by atomic mass is 10.1. The maximum atomic E-state index is 5.81. The molecule has 2 rings (SSSR count). The van der Waals surface area contributed by atoms with Crippen LogP contribution in [0.1, 0.15) is 24.8 Å². The lowest BCUT2D eigenvalue weighted by molar-refractivity contribution is 0.768. The zero-order chi connectivity index (χ0) is 13.1. The van der Waals surface area contributed by atoms with Crippen molar-refractivity contribution in [2.24, 2.45) is 5.73 Å². The molecule has 1 aliphatic carbocycles. The van der Waals surface area contributed by atoms with Gasteiger partial charge in [0.25, 0.3) is 0 Å². The fourth-order valence-electron chi connectivity index (χ4n) is 2.47. The SMILES string of the molecule is CSC1CCCC1Nc1cccc(Br)c1C(N)=S. The van der Waals surface area contributed by atoms with Gasteiger partial charge in [0.05, 0.1) is 0 Å². The summed E-state index contributed by atoms with van der Waals surface area (Å²) in [5.41, 5.74) is 7.77. The van der Waals surface area contributed by atoms with E-state index in [4.69, 9.17) is 18.0 Å². The molecule has 1 saturated carbocycles. The molecule has 1 aliphatic rings. The van der Waals surface area contributed by atoms with Crippen LogP contribution in [0.3, 0.4) is 0 Å². The molecule has 0 radical (unpaired) electrons. The molecule has 0 aromatic heterocycles. The molecule has 1 aromatic carbocycles. The first-order valence-corrected chi connectivity index (χ1v) is 8.50. The smallest absolute Gasteiger partial charge is 0.107 e. The number of anilines is 1. The maximum absolute atomic E-state index is 5.81. The van der Waals surface area contributed by atoms with Gasteiger partial charge in [0, 0.05) is 27.0 Å². The molecule has 0 aliphatic heterocycles. The van der Waals surface area contributed by atoms with Crippen molar-refractivity contribution in [3.05, 3.63) is 28.2 Å². The average Bonchev–Trinajstić information content (AvgIpc) is 2.76. The highest BCUT2D eigenvalue weighted by Crippen LogP contribution is 2.33. The van der Waals surface area contributed by atoms with Gasteiger partial charge in [-0.3, -0.25) is 0 Å². The van der Waals surface area contributed by atoms with E-state index in [1.807, 2.05) is 23.9 Å². The number of thioether (sulfide) groups is 1. The summed E-state index contributed by atoms with van der Waals surface area (Å²) in [4.78, 5) is 0.434. The van der Waals surface area contributed by atoms with Crippen LogP contribution in [0.4, 0.5) is 5.69 Å². The Hall–Kier alpha value is -0.260. The minimum Gasteiger partial charge on any atom is -0.389 e. The monoisotopic (exact) mass is 344 g/mol. The van der Waals surface area contributed by atoms with Crippen LogP contribution in [0.2, 0.25) is 0 Å². The van der Waals surface area contributed by atoms with E-state index in [0.29, 0.717) is 16.3 Å². The topological polar surface area (TPSA) is 38.0 Å². The van der Waals surface area contributed by atoms with E-state index >= 15 is 0 Å². The first kappa shape index (κ1) is 14.2. The number of hydrogen-bond donors (Lipinski definition) is 2. The van der Waals surface area contributed by atoms with Crippen molar-refractivity contribution in [2.75, 3.05) is 11.6 Å². The van der Waals surface area contributed by atoms with Crippen LogP contribution < -0.4 is 11.1 Å². The Bertz CT molecular complexity index is 451. The van der Waals surface area contributed by atoms with Gasteiger partial charge in [0.15, 0.2) is 0 Å². The third kappa shape index (κ3) is 3.00. The molecule has 98 valence electrons. The Morgan fingerprint density at radius 1 is 1.50 bits per heavy atom. The quantitative estimate of drug-likeness (QED) is 0.815. The van der Waals surface area contributed by atoms with E-state index in [0.717, 1.165) is 15.7 Å². The Morgan fingerprint density at radius 3 is 2.94 bits per heavy atom. The van der Waals surface area contributed by atoms with Crippen LogP contribution in [-0.2, 0) is 0 Å². The van der Waals surface area contributed by atoms with Gasteiger partial charge >= 0.3 is 0 Å². The van der Waals surface area contributed by atoms with Gasteiger partial charge in [-0.05, 0) is 47.2 Å². The molecule has 1 fully saturated rings. The van der Waals surface area contributed by atoms with Gasteiger partial charge in [-0.25, -0.2) is 0 Å². The maximum Gasteiger partial charge on any atom is 0.107 e. The van der Waals surface area contributed by atoms with E-state index in [1.54, 1.807) is 0 Å². The average molecular weight is 345 g/mol. The highest BCUT2D eigenvalue weighted by atomic mass is 79.9. The van der Waals surface area contributed by atoms with Gasteiger partial charge in [0.1, 0.15) is 4.99 Å². The second kappa shape index (κ2) is 6.26. The number of halogens is 1. The second-order valence-corrected chi connectivity index (χ2v) is 6.85. The zero-order valence-electron chi connectivity index (χ0n) is 10.3. The van der Waals surface area contributed by atoms with Crippen LogP contribution >= 0.6 is 39.9 Å². The Morgan fingerprint density at radius 2 is 2.28 bits per heavy atom. The third-order valence-corrected chi connectivity index (χ3v) is 5.39. The summed E-state index contributed by atoms with van der Waals surface area (Å²) in [5.74, 6) is 0. The molecule has 18 heavy (non-hydrogen) atoms. The number of rotatable bonds is 4. The van der Waals surface area contributed by atoms with Gasteiger partial charge in [0.2, 0.25) is 0 Å². The predicted molar refractivity (Wildman–Crippen MR) is 88.6 cm³/mol. The minimum absolute atomic E-state index is 0.434. The molecule has 3 N–H and O–H groups in total. The number of hydrogen-bond acceptors (Lipinski definition) is 3. The van der Waals surface area contributed by atoms with E-state index in [-0.39, 0.29) is 0 Å². The van der Waals surface area contributed by atoms with Crippen molar-refractivity contribution in [1.82, 2.24) is 0 Å². The second-order valence-electron chi connectivity index (χ2n) is 4.48. The molecule has 1 aromatic rings. The van der Waals surface area contributed by atoms with Crippen LogP contribution in [0.25, 0.3) is 0 Å². The van der Waals surface area contributed by atoms with Crippen molar-refractivity contribution >= 4 is 50.6 Å². The van der Waals surface area contributed by atoms with E-state index in [2.05, 4.69) is 33.6 Å². The van der Waals surface area contributed by atoms with Crippen molar-refractivity contribution in [3.63, 3.8) is 0 Å². The summed E-state index contributed by atoms with van der Waals surface area (Å²) in [6.07, 6.45) is 5.98. The molecule has 5 heteroatoms. The van der Waals surface area contributed by atoms with Crippen LogP contribution in [-0.4, -0.2) is 22.5 Å². The zero-order valence-corrected chi connectivity index (χ0v) is 13.5. The summed E-state index contributed by atoms with van der Waals surface area (Å²) in [6.45, 7) is 0. The first-order valence-electron chi connectivity index (χ1n) is 6.01. The molecule has 0 heterocycles. The number of thiocarbonyl (C=S) groups is 1. The third-order valence-electron chi connectivity index (χ3n) is 3.36. The molecule has 2 unspecified atom stereocenters. The van der Waals surface area contributed by atoms with Crippen LogP contribution in [0.15, 0.2) is 22.7 Å². The number of benzene rings is 1. The van der Waals surface area contributed by atoms with Crippen molar-refractivity contribution < 1.29 is 0 Å². The molecule has 2 nitrogen and oxygen atoms in total. The van der Waals surface area contributed by atoms with Crippen molar-refractivity contribution in [1.29, 1.82) is 0 Å². The number of nitrogens with one attached hydrogen (secondary N) is 1. The van der Waals surface area contributed by atoms with Gasteiger partial charge in [-0.2, -0.15) is 11.8 Å². The van der Waals surface area contributed by atoms with E-state index in [1.165, 1.54) is 19.3 Å². The summed E-state index contributed by atoms with van der Waals surface area (Å²) in [6, 6.07) is 6.55. The Balaban J connectivity index is 2.23. The Kier molecular flexibility index (Phi) is 4.92. The normalized spacial score (nSPS) is 23.0. The summed E-state index contributed by atoms with van der Waals surface area (Å²) >= 11 is 10.6. The van der Waals surface area contributed by atoms with Gasteiger partial charge in [-0.15, -0.1) is 0 Å². The predicted octanol–water partition coefficient (Wildman–Crippen LogP) is 3.78. The van der Waals surface area contributed by atoms with E-state index in [9.17, 15) is 0 Å². The molecule has 0 bridgehead atoms. The lowest BCUT2D eigenvalue weighted by Crippen LogP contribution is -2.27. The molecular formula is C13H17BrN2S2. The summed E-state index contributed by atoms with van der Waals surface area (Å²) < 4.78 is 0.957. The van der Waals surface area contributed by atoms with Crippen LogP contribution in [0, 0.1) is 0 Å².